The van der Waals surface area contributed by atoms with Gasteiger partial charge < -0.3 is 15.7 Å². The third-order valence-corrected chi connectivity index (χ3v) is 2.57. The van der Waals surface area contributed by atoms with Gasteiger partial charge in [0.15, 0.2) is 0 Å². The lowest BCUT2D eigenvalue weighted by Gasteiger charge is -2.31. The van der Waals surface area contributed by atoms with E-state index in [2.05, 4.69) is 0 Å². The zero-order chi connectivity index (χ0) is 10.7. The van der Waals surface area contributed by atoms with E-state index in [1.54, 1.807) is 4.90 Å². The molecular formula is C9H16N2O3. The normalized spacial score (nSPS) is 20.6. The Labute approximate surface area is 82.9 Å². The summed E-state index contributed by atoms with van der Waals surface area (Å²) in [5.41, 5.74) is 5.16. The van der Waals surface area contributed by atoms with Gasteiger partial charge in [-0.15, -0.1) is 0 Å². The van der Waals surface area contributed by atoms with E-state index in [-0.39, 0.29) is 17.7 Å². The van der Waals surface area contributed by atoms with Crippen LogP contribution in [-0.2, 0) is 9.59 Å². The van der Waals surface area contributed by atoms with Crippen LogP contribution in [0.3, 0.4) is 0 Å². The number of likely N-dealkylation sites (tertiary alicyclic amines) is 1. The number of hydrogen-bond acceptors (Lipinski definition) is 3. The molecule has 0 bridgehead atoms. The number of nitrogens with zero attached hydrogens (tertiary/aromatic N) is 1. The molecule has 1 atom stereocenters. The molecule has 1 fully saturated rings. The SMILES string of the molecule is C[C@@H](O)C(=O)N1CCC(C(N)=O)CC1. The van der Waals surface area contributed by atoms with Gasteiger partial charge in [0, 0.05) is 19.0 Å². The van der Waals surface area contributed by atoms with Gasteiger partial charge in [0.2, 0.25) is 5.91 Å². The summed E-state index contributed by atoms with van der Waals surface area (Å²) < 4.78 is 0. The summed E-state index contributed by atoms with van der Waals surface area (Å²) >= 11 is 0. The van der Waals surface area contributed by atoms with Crippen LogP contribution in [0.15, 0.2) is 0 Å². The number of carbonyl (C=O) groups excluding carboxylic acids is 2. The smallest absolute Gasteiger partial charge is 0.251 e. The van der Waals surface area contributed by atoms with Crippen LogP contribution in [0.25, 0.3) is 0 Å². The molecule has 0 unspecified atom stereocenters. The first-order valence-corrected chi connectivity index (χ1v) is 4.78. The monoisotopic (exact) mass is 200 g/mol. The highest BCUT2D eigenvalue weighted by Crippen LogP contribution is 2.17. The molecule has 1 rings (SSSR count). The standard InChI is InChI=1S/C9H16N2O3/c1-6(12)9(14)11-4-2-7(3-5-11)8(10)13/h6-7,12H,2-5H2,1H3,(H2,10,13)/t6-/m1/s1. The van der Waals surface area contributed by atoms with E-state index in [9.17, 15) is 9.59 Å². The molecule has 2 amide bonds. The lowest BCUT2D eigenvalue weighted by atomic mass is 9.96. The van der Waals surface area contributed by atoms with Gasteiger partial charge in [-0.1, -0.05) is 0 Å². The summed E-state index contributed by atoms with van der Waals surface area (Å²) in [4.78, 5) is 23.7. The molecule has 0 aromatic heterocycles. The Morgan fingerprint density at radius 2 is 1.93 bits per heavy atom. The Morgan fingerprint density at radius 3 is 2.29 bits per heavy atom. The third kappa shape index (κ3) is 2.45. The Balaban J connectivity index is 2.43. The van der Waals surface area contributed by atoms with Gasteiger partial charge in [0.05, 0.1) is 0 Å². The number of hydrogen-bond donors (Lipinski definition) is 2. The molecule has 0 radical (unpaired) electrons. The van der Waals surface area contributed by atoms with Gasteiger partial charge in [0.25, 0.3) is 5.91 Å². The molecule has 80 valence electrons. The maximum absolute atomic E-state index is 11.3. The number of piperidine rings is 1. The molecule has 0 saturated carbocycles. The number of aliphatic hydroxyl groups is 1. The minimum atomic E-state index is -0.958. The molecule has 14 heavy (non-hydrogen) atoms. The maximum atomic E-state index is 11.3. The maximum Gasteiger partial charge on any atom is 0.251 e. The van der Waals surface area contributed by atoms with Crippen molar-refractivity contribution in [3.63, 3.8) is 0 Å². The van der Waals surface area contributed by atoms with Crippen molar-refractivity contribution < 1.29 is 14.7 Å². The van der Waals surface area contributed by atoms with Gasteiger partial charge in [0.1, 0.15) is 6.10 Å². The van der Waals surface area contributed by atoms with Gasteiger partial charge in [-0.3, -0.25) is 9.59 Å². The second-order valence-corrected chi connectivity index (χ2v) is 3.68. The molecule has 1 saturated heterocycles. The van der Waals surface area contributed by atoms with Crippen LogP contribution in [0.5, 0.6) is 0 Å². The Bertz CT molecular complexity index is 232. The second kappa shape index (κ2) is 4.41. The Hall–Kier alpha value is -1.10. The number of nitrogens with two attached hydrogens (primary N) is 1. The highest BCUT2D eigenvalue weighted by atomic mass is 16.3. The molecule has 0 aromatic carbocycles. The number of carbonyl (C=O) groups is 2. The molecule has 1 aliphatic rings. The molecule has 0 aliphatic carbocycles. The largest absolute Gasteiger partial charge is 0.384 e. The third-order valence-electron chi connectivity index (χ3n) is 2.57. The van der Waals surface area contributed by atoms with E-state index in [4.69, 9.17) is 10.8 Å². The Morgan fingerprint density at radius 1 is 1.43 bits per heavy atom. The highest BCUT2D eigenvalue weighted by molar-refractivity contribution is 5.81. The first-order chi connectivity index (χ1) is 6.52. The number of aliphatic hydroxyl groups excluding tert-OH is 1. The number of amides is 2. The molecule has 0 spiro atoms. The van der Waals surface area contributed by atoms with Crippen LogP contribution in [0.1, 0.15) is 19.8 Å². The lowest BCUT2D eigenvalue weighted by molar-refractivity contribution is -0.141. The fourth-order valence-corrected chi connectivity index (χ4v) is 1.65. The summed E-state index contributed by atoms with van der Waals surface area (Å²) in [5, 5.41) is 9.07. The molecule has 1 heterocycles. The van der Waals surface area contributed by atoms with E-state index < -0.39 is 6.10 Å². The van der Waals surface area contributed by atoms with E-state index in [0.717, 1.165) is 0 Å². The summed E-state index contributed by atoms with van der Waals surface area (Å²) in [6.07, 6.45) is 0.252. The van der Waals surface area contributed by atoms with Crippen molar-refractivity contribution in [3.8, 4) is 0 Å². The van der Waals surface area contributed by atoms with E-state index in [1.165, 1.54) is 6.92 Å². The quantitative estimate of drug-likeness (QED) is 0.605. The first kappa shape index (κ1) is 11.0. The van der Waals surface area contributed by atoms with Gasteiger partial charge in [-0.05, 0) is 19.8 Å². The minimum Gasteiger partial charge on any atom is -0.384 e. The van der Waals surface area contributed by atoms with Crippen molar-refractivity contribution in [2.45, 2.75) is 25.9 Å². The van der Waals surface area contributed by atoms with E-state index in [1.807, 2.05) is 0 Å². The van der Waals surface area contributed by atoms with Crippen molar-refractivity contribution in [3.05, 3.63) is 0 Å². The average Bonchev–Trinajstić information content (AvgIpc) is 2.16. The average molecular weight is 200 g/mol. The molecule has 5 nitrogen and oxygen atoms in total. The zero-order valence-corrected chi connectivity index (χ0v) is 8.27. The molecule has 3 N–H and O–H groups in total. The fraction of sp³-hybridized carbons (Fsp3) is 0.778. The van der Waals surface area contributed by atoms with E-state index in [0.29, 0.717) is 25.9 Å². The van der Waals surface area contributed by atoms with Crippen molar-refractivity contribution in [2.24, 2.45) is 11.7 Å². The summed E-state index contributed by atoms with van der Waals surface area (Å²) in [6.45, 7) is 2.47. The Kier molecular flexibility index (Phi) is 3.46. The molecular weight excluding hydrogens is 184 g/mol. The highest BCUT2D eigenvalue weighted by Gasteiger charge is 2.27. The first-order valence-electron chi connectivity index (χ1n) is 4.78. The predicted molar refractivity (Wildman–Crippen MR) is 50.2 cm³/mol. The van der Waals surface area contributed by atoms with Crippen molar-refractivity contribution in [1.82, 2.24) is 4.90 Å². The van der Waals surface area contributed by atoms with Gasteiger partial charge in [-0.2, -0.15) is 0 Å². The van der Waals surface area contributed by atoms with Gasteiger partial charge >= 0.3 is 0 Å². The summed E-state index contributed by atoms with van der Waals surface area (Å²) in [7, 11) is 0. The molecule has 0 aromatic rings. The minimum absolute atomic E-state index is 0.118. The van der Waals surface area contributed by atoms with Crippen LogP contribution in [0.2, 0.25) is 0 Å². The number of rotatable bonds is 2. The fourth-order valence-electron chi connectivity index (χ4n) is 1.65. The van der Waals surface area contributed by atoms with Crippen molar-refractivity contribution >= 4 is 11.8 Å². The molecule has 1 aliphatic heterocycles. The van der Waals surface area contributed by atoms with Crippen LogP contribution in [0, 0.1) is 5.92 Å². The topological polar surface area (TPSA) is 83.6 Å². The van der Waals surface area contributed by atoms with Crippen LogP contribution in [0.4, 0.5) is 0 Å². The van der Waals surface area contributed by atoms with Crippen molar-refractivity contribution in [2.75, 3.05) is 13.1 Å². The molecule has 5 heteroatoms. The number of primary amides is 1. The van der Waals surface area contributed by atoms with Crippen LogP contribution >= 0.6 is 0 Å². The van der Waals surface area contributed by atoms with Crippen molar-refractivity contribution in [1.29, 1.82) is 0 Å². The van der Waals surface area contributed by atoms with Crippen LogP contribution < -0.4 is 5.73 Å². The predicted octanol–water partition coefficient (Wildman–Crippen LogP) is -0.909. The second-order valence-electron chi connectivity index (χ2n) is 3.68. The lowest BCUT2D eigenvalue weighted by Crippen LogP contribution is -2.45. The summed E-state index contributed by atoms with van der Waals surface area (Å²) in [5.74, 6) is -0.685. The van der Waals surface area contributed by atoms with Crippen LogP contribution in [-0.4, -0.2) is 41.0 Å². The van der Waals surface area contributed by atoms with E-state index >= 15 is 0 Å². The zero-order valence-electron chi connectivity index (χ0n) is 8.27. The summed E-state index contributed by atoms with van der Waals surface area (Å²) in [6, 6.07) is 0. The van der Waals surface area contributed by atoms with Gasteiger partial charge in [-0.25, -0.2) is 0 Å².